The summed E-state index contributed by atoms with van der Waals surface area (Å²) in [5.74, 6) is 4.89. The number of Topliss-reactive ketones (excluding diaryl/α,β-unsaturated/α-hetero) is 1. The third-order valence-corrected chi connectivity index (χ3v) is 3.96. The van der Waals surface area contributed by atoms with Gasteiger partial charge in [0.2, 0.25) is 0 Å². The molecule has 0 saturated carbocycles. The number of hydrogen-bond donors (Lipinski definition) is 0. The maximum absolute atomic E-state index is 12.2. The molecule has 0 aliphatic heterocycles. The van der Waals surface area contributed by atoms with Gasteiger partial charge in [0.25, 0.3) is 5.69 Å². The first kappa shape index (κ1) is 19.5. The number of ketones is 1. The average molecular weight is 385 g/mol. The summed E-state index contributed by atoms with van der Waals surface area (Å²) in [6.07, 6.45) is 0. The van der Waals surface area contributed by atoms with E-state index in [1.165, 1.54) is 24.3 Å². The topological polar surface area (TPSA) is 86.5 Å². The van der Waals surface area contributed by atoms with E-state index in [4.69, 9.17) is 4.74 Å². The SMILES string of the molecule is O=C(COC(=O)c1cccc(C#Cc2ccccc2)c1)c1ccc([N+](=O)[O-])cc1. The van der Waals surface area contributed by atoms with Crippen LogP contribution in [0, 0.1) is 22.0 Å². The van der Waals surface area contributed by atoms with E-state index in [9.17, 15) is 19.7 Å². The molecule has 3 aromatic carbocycles. The predicted octanol–water partition coefficient (Wildman–Crippen LogP) is 4.03. The Balaban J connectivity index is 1.63. The van der Waals surface area contributed by atoms with Gasteiger partial charge in [0.1, 0.15) is 0 Å². The first-order chi connectivity index (χ1) is 14.0. The zero-order chi connectivity index (χ0) is 20.6. The van der Waals surface area contributed by atoms with Crippen LogP contribution in [0.15, 0.2) is 78.9 Å². The lowest BCUT2D eigenvalue weighted by Crippen LogP contribution is -2.14. The van der Waals surface area contributed by atoms with Gasteiger partial charge in [-0.05, 0) is 42.5 Å². The number of rotatable bonds is 5. The van der Waals surface area contributed by atoms with Gasteiger partial charge < -0.3 is 4.74 Å². The Morgan fingerprint density at radius 2 is 1.48 bits per heavy atom. The lowest BCUT2D eigenvalue weighted by atomic mass is 10.1. The zero-order valence-corrected chi connectivity index (χ0v) is 15.2. The van der Waals surface area contributed by atoms with Crippen molar-refractivity contribution in [2.24, 2.45) is 0 Å². The van der Waals surface area contributed by atoms with Crippen LogP contribution in [-0.2, 0) is 4.74 Å². The number of esters is 1. The number of nitro benzene ring substituents is 1. The highest BCUT2D eigenvalue weighted by atomic mass is 16.6. The molecule has 3 rings (SSSR count). The van der Waals surface area contributed by atoms with Gasteiger partial charge in [-0.1, -0.05) is 36.1 Å². The summed E-state index contributed by atoms with van der Waals surface area (Å²) in [4.78, 5) is 34.5. The molecular weight excluding hydrogens is 370 g/mol. The van der Waals surface area contributed by atoms with Crippen LogP contribution in [0.3, 0.4) is 0 Å². The van der Waals surface area contributed by atoms with Crippen molar-refractivity contribution in [2.45, 2.75) is 0 Å². The van der Waals surface area contributed by atoms with E-state index >= 15 is 0 Å². The highest BCUT2D eigenvalue weighted by molar-refractivity contribution is 5.99. The van der Waals surface area contributed by atoms with Crippen molar-refractivity contribution < 1.29 is 19.2 Å². The van der Waals surface area contributed by atoms with Crippen LogP contribution in [0.2, 0.25) is 0 Å². The van der Waals surface area contributed by atoms with Crippen LogP contribution < -0.4 is 0 Å². The molecule has 0 amide bonds. The van der Waals surface area contributed by atoms with Crippen molar-refractivity contribution in [1.82, 2.24) is 0 Å². The summed E-state index contributed by atoms with van der Waals surface area (Å²) < 4.78 is 5.07. The number of nitrogens with zero attached hydrogens (tertiary/aromatic N) is 1. The van der Waals surface area contributed by atoms with E-state index < -0.39 is 23.3 Å². The molecule has 0 aliphatic carbocycles. The van der Waals surface area contributed by atoms with Gasteiger partial charge in [0.05, 0.1) is 10.5 Å². The standard InChI is InChI=1S/C23H15NO5/c25-22(19-11-13-21(14-12-19)24(27)28)16-29-23(26)20-8-4-7-18(15-20)10-9-17-5-2-1-3-6-17/h1-8,11-15H,16H2. The third-order valence-electron chi connectivity index (χ3n) is 3.96. The second-order valence-electron chi connectivity index (χ2n) is 6.00. The summed E-state index contributed by atoms with van der Waals surface area (Å²) in [5, 5.41) is 10.7. The molecule has 0 radical (unpaired) electrons. The lowest BCUT2D eigenvalue weighted by Gasteiger charge is -2.05. The number of benzene rings is 3. The summed E-state index contributed by atoms with van der Waals surface area (Å²) >= 11 is 0. The Bertz CT molecular complexity index is 1110. The van der Waals surface area contributed by atoms with Crippen molar-refractivity contribution in [3.8, 4) is 11.8 Å². The molecule has 0 spiro atoms. The summed E-state index contributed by atoms with van der Waals surface area (Å²) in [5.41, 5.74) is 1.89. The lowest BCUT2D eigenvalue weighted by molar-refractivity contribution is -0.384. The van der Waals surface area contributed by atoms with Crippen LogP contribution in [0.4, 0.5) is 5.69 Å². The molecule has 29 heavy (non-hydrogen) atoms. The fourth-order valence-corrected chi connectivity index (χ4v) is 2.46. The zero-order valence-electron chi connectivity index (χ0n) is 15.2. The van der Waals surface area contributed by atoms with Gasteiger partial charge in [0.15, 0.2) is 12.4 Å². The number of non-ortho nitro benzene ring substituents is 1. The molecule has 0 fully saturated rings. The van der Waals surface area contributed by atoms with Gasteiger partial charge >= 0.3 is 5.97 Å². The molecule has 0 saturated heterocycles. The van der Waals surface area contributed by atoms with Crippen molar-refractivity contribution in [1.29, 1.82) is 0 Å². The molecule has 0 bridgehead atoms. The summed E-state index contributed by atoms with van der Waals surface area (Å²) in [6.45, 7) is -0.462. The van der Waals surface area contributed by atoms with Crippen molar-refractivity contribution in [3.05, 3.63) is 111 Å². The third kappa shape index (κ3) is 5.37. The Morgan fingerprint density at radius 3 is 2.17 bits per heavy atom. The number of carbonyl (C=O) groups is 2. The molecule has 0 aromatic heterocycles. The fourth-order valence-electron chi connectivity index (χ4n) is 2.46. The molecule has 0 N–H and O–H groups in total. The molecule has 6 nitrogen and oxygen atoms in total. The maximum atomic E-state index is 12.2. The van der Waals surface area contributed by atoms with Crippen molar-refractivity contribution in [2.75, 3.05) is 6.61 Å². The highest BCUT2D eigenvalue weighted by Gasteiger charge is 2.13. The van der Waals surface area contributed by atoms with E-state index in [1.807, 2.05) is 30.3 Å². The summed E-state index contributed by atoms with van der Waals surface area (Å²) in [6, 6.07) is 21.2. The summed E-state index contributed by atoms with van der Waals surface area (Å²) in [7, 11) is 0. The van der Waals surface area contributed by atoms with Crippen LogP contribution in [0.25, 0.3) is 0 Å². The Kier molecular flexibility index (Phi) is 6.13. The second-order valence-corrected chi connectivity index (χ2v) is 6.00. The van der Waals surface area contributed by atoms with Crippen LogP contribution in [0.5, 0.6) is 0 Å². The van der Waals surface area contributed by atoms with Crippen LogP contribution in [-0.4, -0.2) is 23.3 Å². The van der Waals surface area contributed by atoms with Crippen LogP contribution in [0.1, 0.15) is 31.8 Å². The minimum Gasteiger partial charge on any atom is -0.454 e. The molecule has 6 heteroatoms. The Labute approximate surface area is 166 Å². The highest BCUT2D eigenvalue weighted by Crippen LogP contribution is 2.13. The number of carbonyl (C=O) groups excluding carboxylic acids is 2. The Hall–Kier alpha value is -4.24. The molecule has 3 aromatic rings. The number of nitro groups is 1. The minimum atomic E-state index is -0.649. The van der Waals surface area contributed by atoms with E-state index in [0.717, 1.165) is 5.56 Å². The van der Waals surface area contributed by atoms with Gasteiger partial charge in [-0.3, -0.25) is 14.9 Å². The Morgan fingerprint density at radius 1 is 0.828 bits per heavy atom. The first-order valence-electron chi connectivity index (χ1n) is 8.65. The first-order valence-corrected chi connectivity index (χ1v) is 8.65. The van der Waals surface area contributed by atoms with E-state index in [1.54, 1.807) is 24.3 Å². The quantitative estimate of drug-likeness (QED) is 0.218. The van der Waals surface area contributed by atoms with E-state index in [-0.39, 0.29) is 16.8 Å². The molecule has 0 heterocycles. The van der Waals surface area contributed by atoms with Gasteiger partial charge in [-0.2, -0.15) is 0 Å². The van der Waals surface area contributed by atoms with E-state index in [0.29, 0.717) is 5.56 Å². The van der Waals surface area contributed by atoms with Gasteiger partial charge in [0, 0.05) is 28.8 Å². The smallest absolute Gasteiger partial charge is 0.338 e. The fraction of sp³-hybridized carbons (Fsp3) is 0.0435. The van der Waals surface area contributed by atoms with Gasteiger partial charge in [-0.15, -0.1) is 0 Å². The maximum Gasteiger partial charge on any atom is 0.338 e. The second kappa shape index (κ2) is 9.11. The molecule has 0 unspecified atom stereocenters. The predicted molar refractivity (Wildman–Crippen MR) is 107 cm³/mol. The van der Waals surface area contributed by atoms with Crippen LogP contribution >= 0.6 is 0 Å². The molecule has 142 valence electrons. The van der Waals surface area contributed by atoms with E-state index in [2.05, 4.69) is 11.8 Å². The number of hydrogen-bond acceptors (Lipinski definition) is 5. The van der Waals surface area contributed by atoms with Crippen molar-refractivity contribution in [3.63, 3.8) is 0 Å². The normalized spacial score (nSPS) is 9.79. The molecular formula is C23H15NO5. The minimum absolute atomic E-state index is 0.119. The molecule has 0 aliphatic rings. The molecule has 0 atom stereocenters. The largest absolute Gasteiger partial charge is 0.454 e. The average Bonchev–Trinajstić information content (AvgIpc) is 2.76. The van der Waals surface area contributed by atoms with Crippen molar-refractivity contribution >= 4 is 17.4 Å². The number of ether oxygens (including phenoxy) is 1. The monoisotopic (exact) mass is 385 g/mol. The van der Waals surface area contributed by atoms with Gasteiger partial charge in [-0.25, -0.2) is 4.79 Å².